The van der Waals surface area contributed by atoms with Gasteiger partial charge < -0.3 is 0 Å². The Kier molecular flexibility index (Phi) is 1.57. The zero-order valence-corrected chi connectivity index (χ0v) is 9.29. The van der Waals surface area contributed by atoms with Gasteiger partial charge in [-0.1, -0.05) is 24.3 Å². The number of benzene rings is 2. The summed E-state index contributed by atoms with van der Waals surface area (Å²) in [6.45, 7) is 0. The second-order valence-electron chi connectivity index (χ2n) is 3.90. The first-order valence-electron chi connectivity index (χ1n) is 5.22. The number of nitrogens with zero attached hydrogens (tertiary/aromatic N) is 2. The molecular weight excluding hydrogens is 216 g/mol. The van der Waals surface area contributed by atoms with E-state index < -0.39 is 0 Å². The van der Waals surface area contributed by atoms with Crippen molar-refractivity contribution >= 4 is 40.6 Å². The van der Waals surface area contributed by atoms with Gasteiger partial charge in [0.15, 0.2) is 0 Å². The Morgan fingerprint density at radius 2 is 2.00 bits per heavy atom. The van der Waals surface area contributed by atoms with Gasteiger partial charge in [-0.05, 0) is 16.7 Å². The molecule has 2 aromatic rings. The molecule has 0 bridgehead atoms. The molecule has 0 aromatic heterocycles. The molecule has 4 rings (SSSR count). The molecule has 0 atom stereocenters. The Morgan fingerprint density at radius 3 is 3.00 bits per heavy atom. The molecule has 2 nitrogen and oxygen atoms in total. The SMILES string of the molecule is C1=Nc2c(ccc3c4c(ccc23)=CCS4)=N1. The molecule has 0 saturated carbocycles. The van der Waals surface area contributed by atoms with Crippen molar-refractivity contribution < 1.29 is 0 Å². The van der Waals surface area contributed by atoms with Crippen molar-refractivity contribution in [3.63, 3.8) is 0 Å². The average molecular weight is 224 g/mol. The zero-order chi connectivity index (χ0) is 10.5. The van der Waals surface area contributed by atoms with Crippen LogP contribution in [0.1, 0.15) is 0 Å². The monoisotopic (exact) mass is 224 g/mol. The van der Waals surface area contributed by atoms with Gasteiger partial charge >= 0.3 is 0 Å². The smallest absolute Gasteiger partial charge is 0.116 e. The van der Waals surface area contributed by atoms with Crippen molar-refractivity contribution in [2.24, 2.45) is 9.98 Å². The van der Waals surface area contributed by atoms with Crippen LogP contribution < -0.4 is 10.6 Å². The molecule has 0 N–H and O–H groups in total. The fourth-order valence-electron chi connectivity index (χ4n) is 2.29. The van der Waals surface area contributed by atoms with E-state index in [0.717, 1.165) is 16.8 Å². The molecule has 2 aliphatic rings. The molecule has 16 heavy (non-hydrogen) atoms. The molecule has 0 saturated heterocycles. The molecule has 2 aliphatic heterocycles. The maximum atomic E-state index is 4.34. The third-order valence-corrected chi connectivity index (χ3v) is 4.12. The lowest BCUT2D eigenvalue weighted by atomic mass is 10.1. The minimum atomic E-state index is 0.986. The lowest BCUT2D eigenvalue weighted by Crippen LogP contribution is -2.03. The van der Waals surface area contributed by atoms with Crippen LogP contribution in [0, 0.1) is 0 Å². The van der Waals surface area contributed by atoms with E-state index in [1.807, 2.05) is 11.8 Å². The van der Waals surface area contributed by atoms with Crippen LogP contribution in [-0.2, 0) is 0 Å². The van der Waals surface area contributed by atoms with Crippen LogP contribution in [0.25, 0.3) is 16.8 Å². The highest BCUT2D eigenvalue weighted by atomic mass is 32.2. The lowest BCUT2D eigenvalue weighted by Gasteiger charge is -2.04. The zero-order valence-electron chi connectivity index (χ0n) is 8.47. The van der Waals surface area contributed by atoms with Gasteiger partial charge in [-0.25, -0.2) is 9.98 Å². The summed E-state index contributed by atoms with van der Waals surface area (Å²) >= 11 is 1.90. The van der Waals surface area contributed by atoms with E-state index in [4.69, 9.17) is 0 Å². The Hall–Kier alpha value is -1.61. The fraction of sp³-hybridized carbons (Fsp3) is 0.0769. The minimum absolute atomic E-state index is 0.986. The summed E-state index contributed by atoms with van der Waals surface area (Å²) in [5, 5.41) is 4.87. The van der Waals surface area contributed by atoms with Crippen LogP contribution in [0.2, 0.25) is 0 Å². The summed E-state index contributed by atoms with van der Waals surface area (Å²) in [7, 11) is 0. The molecule has 0 fully saturated rings. The van der Waals surface area contributed by atoms with Crippen LogP contribution in [0.3, 0.4) is 0 Å². The second kappa shape index (κ2) is 2.95. The number of fused-ring (bicyclic) bond motifs is 5. The van der Waals surface area contributed by atoms with Crippen LogP contribution in [0.5, 0.6) is 0 Å². The summed E-state index contributed by atoms with van der Waals surface area (Å²) in [5.41, 5.74) is 1.02. The quantitative estimate of drug-likeness (QED) is 0.672. The molecular formula is C13H8N2S. The first kappa shape index (κ1) is 8.53. The maximum Gasteiger partial charge on any atom is 0.116 e. The van der Waals surface area contributed by atoms with Gasteiger partial charge in [0.1, 0.15) is 6.34 Å². The van der Waals surface area contributed by atoms with Gasteiger partial charge in [0.25, 0.3) is 0 Å². The highest BCUT2D eigenvalue weighted by molar-refractivity contribution is 8.00. The van der Waals surface area contributed by atoms with E-state index in [0.29, 0.717) is 0 Å². The van der Waals surface area contributed by atoms with Gasteiger partial charge in [0, 0.05) is 16.0 Å². The Labute approximate surface area is 96.4 Å². The molecule has 0 radical (unpaired) electrons. The number of thioether (sulfide) groups is 1. The van der Waals surface area contributed by atoms with Crippen LogP contribution in [0.4, 0.5) is 5.69 Å². The van der Waals surface area contributed by atoms with E-state index in [-0.39, 0.29) is 0 Å². The van der Waals surface area contributed by atoms with E-state index in [1.165, 1.54) is 20.9 Å². The standard InChI is InChI=1S/C13H8N2S/c1-2-9-10(13-8(1)5-6-16-13)3-4-11-12(9)15-7-14-11/h1-5,7H,6H2. The summed E-state index contributed by atoms with van der Waals surface area (Å²) in [6.07, 6.45) is 3.91. The van der Waals surface area contributed by atoms with Crippen molar-refractivity contribution in [1.82, 2.24) is 0 Å². The van der Waals surface area contributed by atoms with Gasteiger partial charge in [0.2, 0.25) is 0 Å². The van der Waals surface area contributed by atoms with Crippen LogP contribution >= 0.6 is 11.8 Å². The molecule has 0 spiro atoms. The maximum absolute atomic E-state index is 4.34. The third-order valence-electron chi connectivity index (χ3n) is 3.05. The highest BCUT2D eigenvalue weighted by Gasteiger charge is 2.12. The number of aliphatic imine (C=N–C) groups is 1. The topological polar surface area (TPSA) is 24.7 Å². The lowest BCUT2D eigenvalue weighted by molar-refractivity contribution is 1.43. The van der Waals surface area contributed by atoms with Gasteiger partial charge in [-0.15, -0.1) is 11.8 Å². The largest absolute Gasteiger partial charge is 0.235 e. The number of hydrogen-bond donors (Lipinski definition) is 0. The molecule has 3 heteroatoms. The third kappa shape index (κ3) is 0.985. The van der Waals surface area contributed by atoms with Gasteiger partial charge in [-0.3, -0.25) is 0 Å². The van der Waals surface area contributed by atoms with E-state index in [1.54, 1.807) is 6.34 Å². The first-order valence-corrected chi connectivity index (χ1v) is 6.21. The molecule has 0 amide bonds. The highest BCUT2D eigenvalue weighted by Crippen LogP contribution is 2.31. The normalized spacial score (nSPS) is 15.8. The fourth-order valence-corrected chi connectivity index (χ4v) is 3.37. The van der Waals surface area contributed by atoms with Crippen molar-refractivity contribution in [2.45, 2.75) is 4.90 Å². The predicted octanol–water partition coefficient (Wildman–Crippen LogP) is 2.02. The van der Waals surface area contributed by atoms with Gasteiger partial charge in [0.05, 0.1) is 11.0 Å². The minimum Gasteiger partial charge on any atom is -0.235 e. The van der Waals surface area contributed by atoms with Crippen molar-refractivity contribution in [1.29, 1.82) is 0 Å². The van der Waals surface area contributed by atoms with Gasteiger partial charge in [-0.2, -0.15) is 0 Å². The Morgan fingerprint density at radius 1 is 1.06 bits per heavy atom. The average Bonchev–Trinajstić information content (AvgIpc) is 2.96. The molecule has 0 unspecified atom stereocenters. The summed E-state index contributed by atoms with van der Waals surface area (Å²) < 4.78 is 0. The predicted molar refractivity (Wildman–Crippen MR) is 68.1 cm³/mol. The molecule has 2 aromatic carbocycles. The Balaban J connectivity index is 2.26. The molecule has 2 heterocycles. The van der Waals surface area contributed by atoms with E-state index >= 15 is 0 Å². The van der Waals surface area contributed by atoms with Crippen LogP contribution in [0.15, 0.2) is 39.1 Å². The number of hydrogen-bond acceptors (Lipinski definition) is 3. The number of rotatable bonds is 0. The second-order valence-corrected chi connectivity index (χ2v) is 4.93. The summed E-state index contributed by atoms with van der Waals surface area (Å²) in [4.78, 5) is 9.97. The first-order chi connectivity index (χ1) is 7.93. The van der Waals surface area contributed by atoms with Crippen molar-refractivity contribution in [3.05, 3.63) is 34.8 Å². The summed E-state index contributed by atoms with van der Waals surface area (Å²) in [5.74, 6) is 1.08. The van der Waals surface area contributed by atoms with Crippen LogP contribution in [-0.4, -0.2) is 12.1 Å². The van der Waals surface area contributed by atoms with E-state index in [2.05, 4.69) is 40.3 Å². The molecule has 76 valence electrons. The van der Waals surface area contributed by atoms with Crippen molar-refractivity contribution in [2.75, 3.05) is 5.75 Å². The summed E-state index contributed by atoms with van der Waals surface area (Å²) in [6, 6.07) is 8.57. The molecule has 0 aliphatic carbocycles. The Bertz CT molecular complexity index is 760. The van der Waals surface area contributed by atoms with Crippen molar-refractivity contribution in [3.8, 4) is 0 Å². The van der Waals surface area contributed by atoms with E-state index in [9.17, 15) is 0 Å².